The van der Waals surface area contributed by atoms with Gasteiger partial charge in [-0.2, -0.15) is 0 Å². The Kier molecular flexibility index (Phi) is 3.28. The fourth-order valence-electron chi connectivity index (χ4n) is 2.79. The summed E-state index contributed by atoms with van der Waals surface area (Å²) in [5.74, 6) is 2.25. The summed E-state index contributed by atoms with van der Waals surface area (Å²) in [5.41, 5.74) is 0.252. The van der Waals surface area contributed by atoms with Crippen molar-refractivity contribution in [1.82, 2.24) is 20.1 Å². The zero-order chi connectivity index (χ0) is 11.6. The van der Waals surface area contributed by atoms with Crippen molar-refractivity contribution in [3.05, 3.63) is 11.6 Å². The van der Waals surface area contributed by atoms with Gasteiger partial charge in [0.2, 0.25) is 0 Å². The van der Waals surface area contributed by atoms with E-state index in [2.05, 4.69) is 33.9 Å². The van der Waals surface area contributed by atoms with E-state index in [4.69, 9.17) is 0 Å². The molecule has 0 unspecified atom stereocenters. The van der Waals surface area contributed by atoms with Crippen molar-refractivity contribution in [1.29, 1.82) is 0 Å². The summed E-state index contributed by atoms with van der Waals surface area (Å²) in [5, 5.41) is 12.1. The third-order valence-corrected chi connectivity index (χ3v) is 3.96. The van der Waals surface area contributed by atoms with Crippen LogP contribution in [0.15, 0.2) is 0 Å². The molecule has 1 aliphatic rings. The number of piperidine rings is 1. The van der Waals surface area contributed by atoms with Crippen LogP contribution in [0.3, 0.4) is 0 Å². The third kappa shape index (κ3) is 1.75. The number of rotatable bonds is 3. The number of aryl methyl sites for hydroxylation is 1. The number of aromatic nitrogens is 3. The highest BCUT2D eigenvalue weighted by molar-refractivity contribution is 5.12. The van der Waals surface area contributed by atoms with Gasteiger partial charge in [-0.25, -0.2) is 0 Å². The van der Waals surface area contributed by atoms with E-state index in [9.17, 15) is 0 Å². The van der Waals surface area contributed by atoms with Crippen molar-refractivity contribution in [2.75, 3.05) is 13.1 Å². The molecule has 0 radical (unpaired) electrons. The van der Waals surface area contributed by atoms with Crippen LogP contribution in [0.2, 0.25) is 0 Å². The van der Waals surface area contributed by atoms with Crippen molar-refractivity contribution in [2.24, 2.45) is 0 Å². The molecular weight excluding hydrogens is 200 g/mol. The lowest BCUT2D eigenvalue weighted by molar-refractivity contribution is 0.273. The van der Waals surface area contributed by atoms with Crippen LogP contribution in [0.5, 0.6) is 0 Å². The average molecular weight is 222 g/mol. The van der Waals surface area contributed by atoms with Crippen LogP contribution in [0.1, 0.15) is 44.8 Å². The van der Waals surface area contributed by atoms with Gasteiger partial charge in [-0.1, -0.05) is 6.92 Å². The molecular formula is C12H22N4. The monoisotopic (exact) mass is 222 g/mol. The Morgan fingerprint density at radius 3 is 2.50 bits per heavy atom. The molecule has 1 N–H and O–H groups in total. The van der Waals surface area contributed by atoms with Gasteiger partial charge in [0.05, 0.1) is 0 Å². The fraction of sp³-hybridized carbons (Fsp3) is 0.833. The topological polar surface area (TPSA) is 42.7 Å². The third-order valence-electron chi connectivity index (χ3n) is 3.96. The number of hydrogen-bond acceptors (Lipinski definition) is 3. The zero-order valence-corrected chi connectivity index (χ0v) is 10.6. The van der Waals surface area contributed by atoms with Crippen LogP contribution in [0.25, 0.3) is 0 Å². The molecule has 0 atom stereocenters. The van der Waals surface area contributed by atoms with Gasteiger partial charge in [0, 0.05) is 12.0 Å². The standard InChI is InChI=1S/C12H22N4/c1-4-12(6-8-13-9-7-12)11-15-14-10(3)16(11)5-2/h13H,4-9H2,1-3H3. The van der Waals surface area contributed by atoms with Crippen LogP contribution >= 0.6 is 0 Å². The summed E-state index contributed by atoms with van der Waals surface area (Å²) in [6, 6.07) is 0. The van der Waals surface area contributed by atoms with E-state index in [-0.39, 0.29) is 5.41 Å². The molecule has 0 amide bonds. The van der Waals surface area contributed by atoms with E-state index < -0.39 is 0 Å². The highest BCUT2D eigenvalue weighted by atomic mass is 15.3. The van der Waals surface area contributed by atoms with Crippen LogP contribution in [-0.2, 0) is 12.0 Å². The van der Waals surface area contributed by atoms with Gasteiger partial charge in [0.15, 0.2) is 0 Å². The summed E-state index contributed by atoms with van der Waals surface area (Å²) in [7, 11) is 0. The average Bonchev–Trinajstić information content (AvgIpc) is 2.71. The number of hydrogen-bond donors (Lipinski definition) is 1. The maximum absolute atomic E-state index is 4.44. The van der Waals surface area contributed by atoms with Crippen molar-refractivity contribution in [3.8, 4) is 0 Å². The van der Waals surface area contributed by atoms with E-state index in [1.165, 1.54) is 18.7 Å². The summed E-state index contributed by atoms with van der Waals surface area (Å²) in [6.45, 7) is 9.67. The maximum Gasteiger partial charge on any atom is 0.139 e. The van der Waals surface area contributed by atoms with Crippen molar-refractivity contribution in [2.45, 2.75) is 52.0 Å². The second kappa shape index (κ2) is 4.53. The van der Waals surface area contributed by atoms with E-state index >= 15 is 0 Å². The first-order valence-corrected chi connectivity index (χ1v) is 6.34. The second-order valence-electron chi connectivity index (χ2n) is 4.70. The molecule has 16 heavy (non-hydrogen) atoms. The molecule has 1 aromatic heterocycles. The highest BCUT2D eigenvalue weighted by Gasteiger charge is 2.36. The van der Waals surface area contributed by atoms with Crippen molar-refractivity contribution < 1.29 is 0 Å². The molecule has 0 bridgehead atoms. The van der Waals surface area contributed by atoms with Crippen LogP contribution < -0.4 is 5.32 Å². The minimum absolute atomic E-state index is 0.252. The number of nitrogens with zero attached hydrogens (tertiary/aromatic N) is 3. The second-order valence-corrected chi connectivity index (χ2v) is 4.70. The first-order chi connectivity index (χ1) is 7.73. The lowest BCUT2D eigenvalue weighted by Gasteiger charge is -2.36. The lowest BCUT2D eigenvalue weighted by Crippen LogP contribution is -2.41. The Balaban J connectivity index is 2.38. The highest BCUT2D eigenvalue weighted by Crippen LogP contribution is 2.35. The molecule has 0 aromatic carbocycles. The Bertz CT molecular complexity index is 350. The molecule has 1 aliphatic heterocycles. The van der Waals surface area contributed by atoms with Gasteiger partial charge in [0.25, 0.3) is 0 Å². The largest absolute Gasteiger partial charge is 0.317 e. The quantitative estimate of drug-likeness (QED) is 0.845. The summed E-state index contributed by atoms with van der Waals surface area (Å²) in [6.07, 6.45) is 3.52. The summed E-state index contributed by atoms with van der Waals surface area (Å²) in [4.78, 5) is 0. The van der Waals surface area contributed by atoms with Crippen molar-refractivity contribution >= 4 is 0 Å². The summed E-state index contributed by atoms with van der Waals surface area (Å²) >= 11 is 0. The van der Waals surface area contributed by atoms with Gasteiger partial charge >= 0.3 is 0 Å². The van der Waals surface area contributed by atoms with Gasteiger partial charge in [-0.05, 0) is 46.2 Å². The van der Waals surface area contributed by atoms with E-state index in [1.54, 1.807) is 0 Å². The van der Waals surface area contributed by atoms with Crippen LogP contribution in [-0.4, -0.2) is 27.9 Å². The predicted molar refractivity (Wildman–Crippen MR) is 64.5 cm³/mol. The van der Waals surface area contributed by atoms with E-state index in [0.717, 1.165) is 31.9 Å². The van der Waals surface area contributed by atoms with Crippen molar-refractivity contribution in [3.63, 3.8) is 0 Å². The van der Waals surface area contributed by atoms with Gasteiger partial charge in [-0.3, -0.25) is 0 Å². The number of nitrogens with one attached hydrogen (secondary N) is 1. The van der Waals surface area contributed by atoms with E-state index in [1.807, 2.05) is 6.92 Å². The molecule has 1 aromatic rings. The predicted octanol–water partition coefficient (Wildman–Crippen LogP) is 1.64. The Hall–Kier alpha value is -0.900. The van der Waals surface area contributed by atoms with Crippen LogP contribution in [0.4, 0.5) is 0 Å². The molecule has 0 saturated carbocycles. The molecule has 4 heteroatoms. The molecule has 2 rings (SSSR count). The lowest BCUT2D eigenvalue weighted by atomic mass is 9.76. The van der Waals surface area contributed by atoms with Crippen LogP contribution in [0, 0.1) is 6.92 Å². The van der Waals surface area contributed by atoms with Gasteiger partial charge < -0.3 is 9.88 Å². The Morgan fingerprint density at radius 2 is 1.94 bits per heavy atom. The molecule has 90 valence electrons. The van der Waals surface area contributed by atoms with Gasteiger partial charge in [-0.15, -0.1) is 10.2 Å². The maximum atomic E-state index is 4.44. The Labute approximate surface area is 97.5 Å². The molecule has 4 nitrogen and oxygen atoms in total. The first kappa shape index (κ1) is 11.6. The van der Waals surface area contributed by atoms with Gasteiger partial charge in [0.1, 0.15) is 11.6 Å². The molecule has 1 saturated heterocycles. The smallest absolute Gasteiger partial charge is 0.139 e. The Morgan fingerprint density at radius 1 is 1.25 bits per heavy atom. The fourth-order valence-corrected chi connectivity index (χ4v) is 2.79. The minimum Gasteiger partial charge on any atom is -0.317 e. The minimum atomic E-state index is 0.252. The SMILES string of the molecule is CCn1c(C)nnc1C1(CC)CCNCC1. The molecule has 0 aliphatic carbocycles. The first-order valence-electron chi connectivity index (χ1n) is 6.34. The molecule has 1 fully saturated rings. The molecule has 2 heterocycles. The van der Waals surface area contributed by atoms with E-state index in [0.29, 0.717) is 0 Å². The molecule has 0 spiro atoms. The normalized spacial score (nSPS) is 19.9. The summed E-state index contributed by atoms with van der Waals surface area (Å²) < 4.78 is 2.27. The zero-order valence-electron chi connectivity index (χ0n) is 10.6.